The molecule has 0 saturated carbocycles. The molecule has 0 heterocycles. The molecule has 2 N–H and O–H groups in total. The normalized spacial score (nSPS) is 10.1. The molecule has 106 valence electrons. The number of hydrogen-bond donors (Lipinski definition) is 2. The first kappa shape index (κ1) is 15.3. The lowest BCUT2D eigenvalue weighted by atomic mass is 10.3. The monoisotopic (exact) mass is 265 g/mol. The highest BCUT2D eigenvalue weighted by molar-refractivity contribution is 5.73. The summed E-state index contributed by atoms with van der Waals surface area (Å²) in [6.45, 7) is 1.86. The van der Waals surface area contributed by atoms with Crippen LogP contribution in [0.2, 0.25) is 0 Å². The van der Waals surface area contributed by atoms with Gasteiger partial charge in [-0.2, -0.15) is 0 Å². The molecule has 0 atom stereocenters. The smallest absolute Gasteiger partial charge is 0.317 e. The van der Waals surface area contributed by atoms with Crippen LogP contribution in [0.4, 0.5) is 10.5 Å². The topological polar surface area (TPSA) is 55.8 Å². The molecule has 0 aromatic heterocycles. The standard InChI is InChI=1S/C14H23N3O2/c1-16(13-7-4-3-5-8-13)10-6-9-15-14(19)17(2)11-12-18/h3-5,7-8,18H,6,9-12H2,1-2H3,(H,15,19). The molecule has 0 radical (unpaired) electrons. The van der Waals surface area contributed by atoms with E-state index in [-0.39, 0.29) is 12.6 Å². The number of rotatable bonds is 7. The van der Waals surface area contributed by atoms with Gasteiger partial charge in [0.15, 0.2) is 0 Å². The summed E-state index contributed by atoms with van der Waals surface area (Å²) in [7, 11) is 3.71. The average Bonchev–Trinajstić information content (AvgIpc) is 2.44. The summed E-state index contributed by atoms with van der Waals surface area (Å²) in [5.41, 5.74) is 1.17. The molecule has 1 rings (SSSR count). The van der Waals surface area contributed by atoms with Gasteiger partial charge in [0.05, 0.1) is 6.61 Å². The Morgan fingerprint density at radius 2 is 1.89 bits per heavy atom. The van der Waals surface area contributed by atoms with E-state index in [1.807, 2.05) is 25.2 Å². The molecule has 0 aliphatic rings. The first-order valence-corrected chi connectivity index (χ1v) is 6.51. The molecule has 0 saturated heterocycles. The van der Waals surface area contributed by atoms with E-state index in [0.29, 0.717) is 13.1 Å². The zero-order valence-electron chi connectivity index (χ0n) is 11.7. The molecule has 0 bridgehead atoms. The predicted octanol–water partition coefficient (Wildman–Crippen LogP) is 1.15. The molecule has 0 fully saturated rings. The number of hydrogen-bond acceptors (Lipinski definition) is 3. The van der Waals surface area contributed by atoms with Crippen LogP contribution in [0.5, 0.6) is 0 Å². The first-order valence-electron chi connectivity index (χ1n) is 6.51. The van der Waals surface area contributed by atoms with Crippen LogP contribution in [0.15, 0.2) is 30.3 Å². The predicted molar refractivity (Wildman–Crippen MR) is 77.4 cm³/mol. The number of carbonyl (C=O) groups excluding carboxylic acids is 1. The number of anilines is 1. The highest BCUT2D eigenvalue weighted by atomic mass is 16.3. The van der Waals surface area contributed by atoms with Gasteiger partial charge in [0.1, 0.15) is 0 Å². The zero-order valence-corrected chi connectivity index (χ0v) is 11.7. The van der Waals surface area contributed by atoms with Crippen molar-refractivity contribution in [2.45, 2.75) is 6.42 Å². The summed E-state index contributed by atoms with van der Waals surface area (Å²) in [6.07, 6.45) is 0.879. The van der Waals surface area contributed by atoms with Crippen molar-refractivity contribution in [3.63, 3.8) is 0 Å². The fourth-order valence-electron chi connectivity index (χ4n) is 1.71. The fraction of sp³-hybridized carbons (Fsp3) is 0.500. The van der Waals surface area contributed by atoms with Gasteiger partial charge < -0.3 is 20.2 Å². The number of amides is 2. The highest BCUT2D eigenvalue weighted by Gasteiger charge is 2.06. The number of benzene rings is 1. The first-order chi connectivity index (χ1) is 9.15. The van der Waals surface area contributed by atoms with Crippen molar-refractivity contribution in [1.29, 1.82) is 0 Å². The van der Waals surface area contributed by atoms with E-state index in [1.54, 1.807) is 7.05 Å². The molecule has 5 heteroatoms. The summed E-state index contributed by atoms with van der Waals surface area (Å²) in [5.74, 6) is 0. The number of nitrogens with zero attached hydrogens (tertiary/aromatic N) is 2. The van der Waals surface area contributed by atoms with Gasteiger partial charge in [-0.05, 0) is 18.6 Å². The van der Waals surface area contributed by atoms with Gasteiger partial charge >= 0.3 is 6.03 Å². The van der Waals surface area contributed by atoms with Gasteiger partial charge in [-0.15, -0.1) is 0 Å². The van der Waals surface area contributed by atoms with E-state index in [2.05, 4.69) is 22.3 Å². The Morgan fingerprint density at radius 3 is 2.53 bits per heavy atom. The van der Waals surface area contributed by atoms with Crippen molar-refractivity contribution >= 4 is 11.7 Å². The second-order valence-electron chi connectivity index (χ2n) is 4.49. The van der Waals surface area contributed by atoms with Crippen molar-refractivity contribution in [1.82, 2.24) is 10.2 Å². The van der Waals surface area contributed by atoms with Crippen molar-refractivity contribution < 1.29 is 9.90 Å². The van der Waals surface area contributed by atoms with E-state index in [9.17, 15) is 4.79 Å². The van der Waals surface area contributed by atoms with E-state index in [4.69, 9.17) is 5.11 Å². The molecule has 1 aromatic rings. The molecule has 1 aromatic carbocycles. The molecule has 5 nitrogen and oxygen atoms in total. The van der Waals surface area contributed by atoms with Crippen LogP contribution in [-0.4, -0.2) is 56.4 Å². The maximum Gasteiger partial charge on any atom is 0.317 e. The van der Waals surface area contributed by atoms with Crippen molar-refractivity contribution in [2.24, 2.45) is 0 Å². The highest BCUT2D eigenvalue weighted by Crippen LogP contribution is 2.10. The van der Waals surface area contributed by atoms with E-state index < -0.39 is 0 Å². The molecule has 19 heavy (non-hydrogen) atoms. The van der Waals surface area contributed by atoms with Crippen LogP contribution in [0.3, 0.4) is 0 Å². The third-order valence-electron chi connectivity index (χ3n) is 2.93. The summed E-state index contributed by atoms with van der Waals surface area (Å²) in [4.78, 5) is 15.2. The quantitative estimate of drug-likeness (QED) is 0.727. The lowest BCUT2D eigenvalue weighted by molar-refractivity contribution is 0.190. The van der Waals surface area contributed by atoms with Gasteiger partial charge in [0.25, 0.3) is 0 Å². The van der Waals surface area contributed by atoms with Gasteiger partial charge in [-0.25, -0.2) is 4.79 Å². The number of nitrogens with one attached hydrogen (secondary N) is 1. The fourth-order valence-corrected chi connectivity index (χ4v) is 1.71. The Labute approximate surface area is 114 Å². The third kappa shape index (κ3) is 5.61. The Morgan fingerprint density at radius 1 is 1.21 bits per heavy atom. The summed E-state index contributed by atoms with van der Waals surface area (Å²) >= 11 is 0. The van der Waals surface area contributed by atoms with Crippen LogP contribution >= 0.6 is 0 Å². The Balaban J connectivity index is 2.19. The summed E-state index contributed by atoms with van der Waals surface area (Å²) in [5, 5.41) is 11.6. The SMILES string of the molecule is CN(CCO)C(=O)NCCCN(C)c1ccccc1. The maximum absolute atomic E-state index is 11.5. The molecule has 0 spiro atoms. The van der Waals surface area contributed by atoms with E-state index in [0.717, 1.165) is 13.0 Å². The largest absolute Gasteiger partial charge is 0.395 e. The number of likely N-dealkylation sites (N-methyl/N-ethyl adjacent to an activating group) is 1. The van der Waals surface area contributed by atoms with E-state index >= 15 is 0 Å². The Hall–Kier alpha value is -1.75. The number of carbonyl (C=O) groups is 1. The van der Waals surface area contributed by atoms with Gasteiger partial charge in [0, 0.05) is 39.4 Å². The molecule has 0 aliphatic heterocycles. The molecular formula is C14H23N3O2. The Kier molecular flexibility index (Phi) is 6.74. The average molecular weight is 265 g/mol. The Bertz CT molecular complexity index is 370. The zero-order chi connectivity index (χ0) is 14.1. The van der Waals surface area contributed by atoms with E-state index in [1.165, 1.54) is 10.6 Å². The number of para-hydroxylation sites is 1. The maximum atomic E-state index is 11.5. The minimum absolute atomic E-state index is 0.0132. The molecule has 2 amide bonds. The lowest BCUT2D eigenvalue weighted by Crippen LogP contribution is -2.39. The number of aliphatic hydroxyl groups excluding tert-OH is 1. The van der Waals surface area contributed by atoms with Crippen LogP contribution < -0.4 is 10.2 Å². The minimum Gasteiger partial charge on any atom is -0.395 e. The van der Waals surface area contributed by atoms with Crippen LogP contribution in [0, 0.1) is 0 Å². The summed E-state index contributed by atoms with van der Waals surface area (Å²) in [6, 6.07) is 10.0. The van der Waals surface area contributed by atoms with Crippen molar-refractivity contribution in [2.75, 3.05) is 45.2 Å². The molecule has 0 unspecified atom stereocenters. The van der Waals surface area contributed by atoms with Crippen molar-refractivity contribution in [3.8, 4) is 0 Å². The van der Waals surface area contributed by atoms with Crippen LogP contribution in [-0.2, 0) is 0 Å². The number of urea groups is 1. The van der Waals surface area contributed by atoms with Gasteiger partial charge in [0.2, 0.25) is 0 Å². The second kappa shape index (κ2) is 8.37. The summed E-state index contributed by atoms with van der Waals surface area (Å²) < 4.78 is 0. The van der Waals surface area contributed by atoms with Crippen LogP contribution in [0.1, 0.15) is 6.42 Å². The van der Waals surface area contributed by atoms with Crippen LogP contribution in [0.25, 0.3) is 0 Å². The van der Waals surface area contributed by atoms with Gasteiger partial charge in [-0.1, -0.05) is 18.2 Å². The molecule has 0 aliphatic carbocycles. The minimum atomic E-state index is -0.142. The van der Waals surface area contributed by atoms with Crippen molar-refractivity contribution in [3.05, 3.63) is 30.3 Å². The number of aliphatic hydroxyl groups is 1. The third-order valence-corrected chi connectivity index (χ3v) is 2.93. The molecular weight excluding hydrogens is 242 g/mol. The van der Waals surface area contributed by atoms with Gasteiger partial charge in [-0.3, -0.25) is 0 Å². The second-order valence-corrected chi connectivity index (χ2v) is 4.49. The lowest BCUT2D eigenvalue weighted by Gasteiger charge is -2.20.